The number of nitrogens with one attached hydrogen (secondary N) is 1. The van der Waals surface area contributed by atoms with E-state index in [2.05, 4.69) is 58.3 Å². The number of aliphatic hydroxyl groups is 1. The van der Waals surface area contributed by atoms with Crippen LogP contribution in [0, 0.1) is 68.5 Å². The van der Waals surface area contributed by atoms with Gasteiger partial charge in [0.05, 0.1) is 29.4 Å². The van der Waals surface area contributed by atoms with Crippen LogP contribution in [0.25, 0.3) is 0 Å². The lowest BCUT2D eigenvalue weighted by Gasteiger charge is -2.73. The van der Waals surface area contributed by atoms with Gasteiger partial charge in [-0.3, -0.25) is 14.5 Å². The second kappa shape index (κ2) is 14.3. The molecule has 56 heavy (non-hydrogen) atoms. The molecule has 0 bridgehead atoms. The monoisotopic (exact) mass is 801 g/mol. The summed E-state index contributed by atoms with van der Waals surface area (Å²) in [6, 6.07) is -0.0532. The third kappa shape index (κ3) is 6.49. The molecule has 6 aliphatic carbocycles. The van der Waals surface area contributed by atoms with Crippen LogP contribution in [0.3, 0.4) is 0 Å². The van der Waals surface area contributed by atoms with E-state index in [-0.39, 0.29) is 62.7 Å². The molecule has 0 amide bonds. The molecule has 7 fully saturated rings. The molecule has 3 N–H and O–H groups in total. The van der Waals surface area contributed by atoms with Crippen LogP contribution in [-0.4, -0.2) is 90.4 Å². The smallest absolute Gasteiger partial charge is 0.309 e. The summed E-state index contributed by atoms with van der Waals surface area (Å²) >= 11 is 0. The predicted molar refractivity (Wildman–Crippen MR) is 220 cm³/mol. The Hall–Kier alpha value is -1.49. The second-order valence-corrected chi connectivity index (χ2v) is 24.6. The van der Waals surface area contributed by atoms with Crippen LogP contribution in [0.4, 0.5) is 0 Å². The highest BCUT2D eigenvalue weighted by Gasteiger charge is 2.71. The van der Waals surface area contributed by atoms with Crippen LogP contribution in [0.1, 0.15) is 139 Å². The van der Waals surface area contributed by atoms with E-state index in [1.165, 1.54) is 37.7 Å². The lowest BCUT2D eigenvalue weighted by molar-refractivity contribution is -0.248. The largest absolute Gasteiger partial charge is 0.481 e. The van der Waals surface area contributed by atoms with Crippen molar-refractivity contribution in [2.24, 2.45) is 68.5 Å². The van der Waals surface area contributed by atoms with Crippen LogP contribution in [0.2, 0.25) is 0 Å². The molecule has 0 aromatic carbocycles. The Morgan fingerprint density at radius 1 is 0.857 bits per heavy atom. The summed E-state index contributed by atoms with van der Waals surface area (Å²) in [4.78, 5) is 27.6. The molecule has 2 unspecified atom stereocenters. The van der Waals surface area contributed by atoms with Gasteiger partial charge in [-0.05, 0) is 149 Å². The van der Waals surface area contributed by atoms with Crippen molar-refractivity contribution in [3.8, 4) is 0 Å². The molecule has 7 aliphatic rings. The Labute approximate surface area is 338 Å². The van der Waals surface area contributed by atoms with Gasteiger partial charge in [0, 0.05) is 30.1 Å². The standard InChI is InChI=1S/C46H76N2O7S/c1-28(2)30-13-19-46(47-22-16-34(29(3)49)48-23-25-56(53,54)26-24-48)21-20-44(9)31(38(30)46)11-12-36-43(8)17-15-37(42(6,7)35(43)14-18-45(36,44)10)55-40(52)33-27-32(39(50)51)41(33,4)5/h29-38,47,49H,1,11-27H2,2-10H3,(H,50,51)/t29?,30-,31+,32+,33-,34?,35-,36+,37-,38+,43-,44+,45+,46-/m0/s1. The highest BCUT2D eigenvalue weighted by Crippen LogP contribution is 2.76. The number of nitrogens with zero attached hydrogens (tertiary/aromatic N) is 1. The first-order valence-electron chi connectivity index (χ1n) is 22.4. The van der Waals surface area contributed by atoms with Crippen molar-refractivity contribution in [1.29, 1.82) is 0 Å². The van der Waals surface area contributed by atoms with Crippen LogP contribution >= 0.6 is 0 Å². The third-order valence-corrected chi connectivity index (χ3v) is 21.0. The summed E-state index contributed by atoms with van der Waals surface area (Å²) in [5.74, 6) is 1.13. The van der Waals surface area contributed by atoms with Gasteiger partial charge in [0.1, 0.15) is 6.10 Å². The van der Waals surface area contributed by atoms with Gasteiger partial charge >= 0.3 is 11.9 Å². The Bertz CT molecular complexity index is 1660. The zero-order valence-electron chi connectivity index (χ0n) is 36.3. The SMILES string of the molecule is C=C(C)[C@@H]1CC[C@]2(NCCC(C(C)O)N3CCS(=O)(=O)CC3)CC[C@]3(C)[C@H](CC[C@@H]4[C@@]5(C)CC[C@H](OC(=O)[C@@H]6C[C@H](C(=O)O)C6(C)C)C(C)(C)[C@@H]5CC[C@]43C)[C@@H]12. The average molecular weight is 801 g/mol. The number of fused-ring (bicyclic) bond motifs is 7. The minimum atomic E-state index is -2.98. The third-order valence-electron chi connectivity index (χ3n) is 19.4. The first kappa shape index (κ1) is 42.6. The quantitative estimate of drug-likeness (QED) is 0.152. The molecule has 1 aliphatic heterocycles. The number of hydrogen-bond acceptors (Lipinski definition) is 8. The van der Waals surface area contributed by atoms with Gasteiger partial charge in [0.25, 0.3) is 0 Å². The Morgan fingerprint density at radius 2 is 1.54 bits per heavy atom. The molecule has 10 heteroatoms. The minimum Gasteiger partial charge on any atom is -0.481 e. The van der Waals surface area contributed by atoms with Gasteiger partial charge in [-0.15, -0.1) is 0 Å². The molecule has 9 nitrogen and oxygen atoms in total. The zero-order chi connectivity index (χ0) is 41.0. The summed E-state index contributed by atoms with van der Waals surface area (Å²) in [5.41, 5.74) is 1.16. The van der Waals surface area contributed by atoms with Crippen LogP contribution in [0.5, 0.6) is 0 Å². The fourth-order valence-corrected chi connectivity index (χ4v) is 17.1. The van der Waals surface area contributed by atoms with Crippen molar-refractivity contribution in [2.75, 3.05) is 31.1 Å². The number of aliphatic hydroxyl groups excluding tert-OH is 1. The topological polar surface area (TPSA) is 133 Å². The van der Waals surface area contributed by atoms with E-state index in [1.807, 2.05) is 20.8 Å². The summed E-state index contributed by atoms with van der Waals surface area (Å²) in [6.45, 7) is 26.9. The fraction of sp³-hybridized carbons (Fsp3) is 0.913. The van der Waals surface area contributed by atoms with Crippen molar-refractivity contribution in [3.63, 3.8) is 0 Å². The van der Waals surface area contributed by atoms with Gasteiger partial charge < -0.3 is 20.3 Å². The number of carboxylic acid groups (broad SMARTS) is 1. The molecule has 6 saturated carbocycles. The maximum absolute atomic E-state index is 13.6. The number of allylic oxidation sites excluding steroid dienone is 1. The zero-order valence-corrected chi connectivity index (χ0v) is 37.1. The normalized spacial score (nSPS) is 46.1. The fourth-order valence-electron chi connectivity index (χ4n) is 15.9. The number of carbonyl (C=O) groups is 2. The minimum absolute atomic E-state index is 0.0516. The van der Waals surface area contributed by atoms with Crippen LogP contribution in [-0.2, 0) is 24.2 Å². The molecular weight excluding hydrogens is 725 g/mol. The molecule has 1 saturated heterocycles. The van der Waals surface area contributed by atoms with Crippen molar-refractivity contribution < 1.29 is 33.0 Å². The Kier molecular flexibility index (Phi) is 10.9. The second-order valence-electron chi connectivity index (χ2n) is 22.3. The molecular formula is C46H76N2O7S. The van der Waals surface area contributed by atoms with E-state index in [0.29, 0.717) is 49.1 Å². The van der Waals surface area contributed by atoms with E-state index in [0.717, 1.165) is 45.1 Å². The van der Waals surface area contributed by atoms with E-state index >= 15 is 0 Å². The van der Waals surface area contributed by atoms with E-state index in [9.17, 15) is 28.2 Å². The van der Waals surface area contributed by atoms with Gasteiger partial charge in [-0.25, -0.2) is 8.42 Å². The number of esters is 1. The maximum atomic E-state index is 13.6. The number of hydrogen-bond donors (Lipinski definition) is 3. The van der Waals surface area contributed by atoms with Gasteiger partial charge in [0.15, 0.2) is 9.84 Å². The highest BCUT2D eigenvalue weighted by molar-refractivity contribution is 7.91. The van der Waals surface area contributed by atoms with Crippen LogP contribution in [0.15, 0.2) is 12.2 Å². The molecule has 0 radical (unpaired) electrons. The number of carbonyl (C=O) groups excluding carboxylic acids is 1. The number of sulfone groups is 1. The molecule has 0 aromatic heterocycles. The van der Waals surface area contributed by atoms with Gasteiger partial charge in [-0.1, -0.05) is 60.6 Å². The molecule has 0 aromatic rings. The predicted octanol–water partition coefficient (Wildman–Crippen LogP) is 7.51. The average Bonchev–Trinajstić information content (AvgIpc) is 3.48. The molecule has 0 spiro atoms. The van der Waals surface area contributed by atoms with E-state index in [4.69, 9.17) is 4.74 Å². The van der Waals surface area contributed by atoms with E-state index < -0.39 is 33.2 Å². The number of carboxylic acids is 1. The van der Waals surface area contributed by atoms with Gasteiger partial charge in [0.2, 0.25) is 0 Å². The molecule has 318 valence electrons. The first-order chi connectivity index (χ1) is 26.0. The lowest BCUT2D eigenvalue weighted by atomic mass is 9.32. The highest BCUT2D eigenvalue weighted by atomic mass is 32.2. The maximum Gasteiger partial charge on any atom is 0.309 e. The van der Waals surface area contributed by atoms with Crippen molar-refractivity contribution in [2.45, 2.75) is 163 Å². The molecule has 1 heterocycles. The van der Waals surface area contributed by atoms with Gasteiger partial charge in [-0.2, -0.15) is 0 Å². The van der Waals surface area contributed by atoms with Crippen molar-refractivity contribution in [1.82, 2.24) is 10.2 Å². The summed E-state index contributed by atoms with van der Waals surface area (Å²) in [6.07, 6.45) is 11.9. The molecule has 7 rings (SSSR count). The van der Waals surface area contributed by atoms with Crippen LogP contribution < -0.4 is 5.32 Å². The summed E-state index contributed by atoms with van der Waals surface area (Å²) in [5, 5.41) is 24.7. The number of ether oxygens (including phenoxy) is 1. The van der Waals surface area contributed by atoms with Crippen molar-refractivity contribution in [3.05, 3.63) is 12.2 Å². The Morgan fingerprint density at radius 3 is 2.14 bits per heavy atom. The Balaban J connectivity index is 1.08. The number of aliphatic carboxylic acids is 1. The van der Waals surface area contributed by atoms with Crippen molar-refractivity contribution >= 4 is 21.8 Å². The first-order valence-corrected chi connectivity index (χ1v) is 24.2. The van der Waals surface area contributed by atoms with E-state index in [1.54, 1.807) is 0 Å². The molecule has 14 atom stereocenters. The summed E-state index contributed by atoms with van der Waals surface area (Å²) < 4.78 is 30.8. The lowest BCUT2D eigenvalue weighted by Crippen LogP contribution is -2.69. The summed E-state index contributed by atoms with van der Waals surface area (Å²) in [7, 11) is -2.98. The number of rotatable bonds is 10.